The molecule has 0 spiro atoms. The third-order valence-electron chi connectivity index (χ3n) is 3.59. The largest absolute Gasteiger partial charge is 0.481 e. The van der Waals surface area contributed by atoms with Gasteiger partial charge in [-0.3, -0.25) is 9.59 Å². The highest BCUT2D eigenvalue weighted by Crippen LogP contribution is 2.46. The number of carboxylic acid groups (broad SMARTS) is 1. The van der Waals surface area contributed by atoms with E-state index in [0.29, 0.717) is 12.8 Å². The van der Waals surface area contributed by atoms with Crippen molar-refractivity contribution < 1.29 is 14.7 Å². The van der Waals surface area contributed by atoms with Gasteiger partial charge in [-0.2, -0.15) is 0 Å². The van der Waals surface area contributed by atoms with Crippen molar-refractivity contribution in [3.63, 3.8) is 0 Å². The van der Waals surface area contributed by atoms with Crippen LogP contribution in [-0.4, -0.2) is 17.0 Å². The van der Waals surface area contributed by atoms with Gasteiger partial charge in [0.15, 0.2) is 0 Å². The topological polar surface area (TPSA) is 66.4 Å². The zero-order chi connectivity index (χ0) is 14.2. The quantitative estimate of drug-likeness (QED) is 0.874. The first-order chi connectivity index (χ1) is 8.80. The van der Waals surface area contributed by atoms with Crippen LogP contribution in [0.25, 0.3) is 0 Å². The van der Waals surface area contributed by atoms with Crippen LogP contribution in [0, 0.1) is 11.3 Å². The summed E-state index contributed by atoms with van der Waals surface area (Å²) < 4.78 is 0. The van der Waals surface area contributed by atoms with Gasteiger partial charge < -0.3 is 10.4 Å². The van der Waals surface area contributed by atoms with Crippen LogP contribution in [-0.2, 0) is 9.59 Å². The van der Waals surface area contributed by atoms with Crippen molar-refractivity contribution in [1.82, 2.24) is 0 Å². The molecule has 1 amide bonds. The van der Waals surface area contributed by atoms with Gasteiger partial charge in [-0.1, -0.05) is 20.8 Å². The van der Waals surface area contributed by atoms with E-state index in [0.717, 1.165) is 10.6 Å². The summed E-state index contributed by atoms with van der Waals surface area (Å²) in [6.45, 7) is 5.83. The van der Waals surface area contributed by atoms with Crippen molar-refractivity contribution in [2.45, 2.75) is 39.5 Å². The van der Waals surface area contributed by atoms with Gasteiger partial charge >= 0.3 is 5.97 Å². The lowest BCUT2D eigenvalue weighted by molar-refractivity contribution is -0.146. The second kappa shape index (κ2) is 4.96. The second-order valence-electron chi connectivity index (χ2n) is 6.07. The first kappa shape index (κ1) is 14.1. The van der Waals surface area contributed by atoms with Crippen LogP contribution in [0.5, 0.6) is 0 Å². The van der Waals surface area contributed by atoms with Crippen LogP contribution in [0.2, 0.25) is 0 Å². The van der Waals surface area contributed by atoms with E-state index >= 15 is 0 Å². The Kier molecular flexibility index (Phi) is 3.67. The minimum Gasteiger partial charge on any atom is -0.481 e. The number of carbonyl (C=O) groups is 2. The molecule has 1 aliphatic rings. The van der Waals surface area contributed by atoms with Gasteiger partial charge in [0.2, 0.25) is 5.91 Å². The number of carboxylic acids is 1. The standard InChI is InChI=1S/C14H19NO3S/c1-14(2,3)11(13(17)18)8-4-5-10(16)15-9-6-7-19-12(8)9/h6-8,11H,4-5H2,1-3H3,(H,15,16)(H,17,18). The number of rotatable bonds is 2. The lowest BCUT2D eigenvalue weighted by atomic mass is 9.71. The summed E-state index contributed by atoms with van der Waals surface area (Å²) in [6, 6.07) is 1.86. The second-order valence-corrected chi connectivity index (χ2v) is 7.02. The highest BCUT2D eigenvalue weighted by molar-refractivity contribution is 7.10. The number of amides is 1. The third kappa shape index (κ3) is 2.81. The van der Waals surface area contributed by atoms with Crippen molar-refractivity contribution in [1.29, 1.82) is 0 Å². The average Bonchev–Trinajstić information content (AvgIpc) is 2.64. The Morgan fingerprint density at radius 1 is 1.53 bits per heavy atom. The SMILES string of the molecule is CC(C)(C)C(C(=O)O)C1CCC(=O)Nc2ccsc21. The molecule has 4 nitrogen and oxygen atoms in total. The molecule has 1 aliphatic heterocycles. The van der Waals surface area contributed by atoms with Gasteiger partial charge in [-0.15, -0.1) is 11.3 Å². The fraction of sp³-hybridized carbons (Fsp3) is 0.571. The van der Waals surface area contributed by atoms with Crippen molar-refractivity contribution in [2.75, 3.05) is 5.32 Å². The molecule has 0 radical (unpaired) electrons. The number of thiophene rings is 1. The van der Waals surface area contributed by atoms with Gasteiger partial charge in [-0.25, -0.2) is 0 Å². The van der Waals surface area contributed by atoms with Crippen LogP contribution >= 0.6 is 11.3 Å². The summed E-state index contributed by atoms with van der Waals surface area (Å²) in [5.74, 6) is -1.41. The lowest BCUT2D eigenvalue weighted by Crippen LogP contribution is -2.33. The molecule has 2 rings (SSSR count). The molecule has 19 heavy (non-hydrogen) atoms. The van der Waals surface area contributed by atoms with Crippen LogP contribution in [0.4, 0.5) is 5.69 Å². The van der Waals surface area contributed by atoms with Gasteiger partial charge in [0.25, 0.3) is 0 Å². The molecular formula is C14H19NO3S. The molecule has 0 bridgehead atoms. The van der Waals surface area contributed by atoms with Crippen molar-refractivity contribution >= 4 is 28.9 Å². The van der Waals surface area contributed by atoms with E-state index in [1.807, 2.05) is 32.2 Å². The Labute approximate surface area is 116 Å². The number of anilines is 1. The molecule has 5 heteroatoms. The zero-order valence-corrected chi connectivity index (χ0v) is 12.2. The predicted molar refractivity (Wildman–Crippen MR) is 75.5 cm³/mol. The monoisotopic (exact) mass is 281 g/mol. The molecule has 0 fully saturated rings. The summed E-state index contributed by atoms with van der Waals surface area (Å²) in [5.41, 5.74) is 0.443. The minimum atomic E-state index is -0.786. The molecule has 1 aromatic heterocycles. The molecule has 0 aliphatic carbocycles. The molecule has 0 saturated heterocycles. The molecule has 0 aromatic carbocycles. The van der Waals surface area contributed by atoms with Crippen LogP contribution in [0.3, 0.4) is 0 Å². The maximum atomic E-state index is 11.7. The van der Waals surface area contributed by atoms with Crippen LogP contribution in [0.1, 0.15) is 44.4 Å². The molecule has 1 aromatic rings. The Hall–Kier alpha value is -1.36. The Bertz CT molecular complexity index is 501. The Morgan fingerprint density at radius 3 is 2.79 bits per heavy atom. The number of fused-ring (bicyclic) bond motifs is 1. The summed E-state index contributed by atoms with van der Waals surface area (Å²) in [7, 11) is 0. The van der Waals surface area contributed by atoms with Gasteiger partial charge in [0.05, 0.1) is 11.6 Å². The van der Waals surface area contributed by atoms with Crippen LogP contribution < -0.4 is 5.32 Å². The normalized spacial score (nSPS) is 21.2. The maximum Gasteiger partial charge on any atom is 0.307 e. The number of hydrogen-bond acceptors (Lipinski definition) is 3. The van der Waals surface area contributed by atoms with Crippen LogP contribution in [0.15, 0.2) is 11.4 Å². The highest BCUT2D eigenvalue weighted by atomic mass is 32.1. The summed E-state index contributed by atoms with van der Waals surface area (Å²) in [5, 5.41) is 14.3. The van der Waals surface area contributed by atoms with E-state index in [9.17, 15) is 14.7 Å². The number of carbonyl (C=O) groups excluding carboxylic acids is 1. The zero-order valence-electron chi connectivity index (χ0n) is 11.4. The summed E-state index contributed by atoms with van der Waals surface area (Å²) in [4.78, 5) is 24.3. The summed E-state index contributed by atoms with van der Waals surface area (Å²) in [6.07, 6.45) is 0.972. The number of hydrogen-bond donors (Lipinski definition) is 2. The maximum absolute atomic E-state index is 11.7. The molecule has 2 heterocycles. The van der Waals surface area contributed by atoms with Gasteiger partial charge in [-0.05, 0) is 23.3 Å². The fourth-order valence-electron chi connectivity index (χ4n) is 2.81. The predicted octanol–water partition coefficient (Wildman–Crippen LogP) is 3.31. The smallest absolute Gasteiger partial charge is 0.307 e. The van der Waals surface area contributed by atoms with Gasteiger partial charge in [0, 0.05) is 17.2 Å². The van der Waals surface area contributed by atoms with E-state index < -0.39 is 11.9 Å². The van der Waals surface area contributed by atoms with Gasteiger partial charge in [0.1, 0.15) is 0 Å². The van der Waals surface area contributed by atoms with E-state index in [-0.39, 0.29) is 17.2 Å². The van der Waals surface area contributed by atoms with Crippen molar-refractivity contribution in [3.05, 3.63) is 16.3 Å². The molecule has 2 N–H and O–H groups in total. The van der Waals surface area contributed by atoms with Crippen molar-refractivity contribution in [3.8, 4) is 0 Å². The highest BCUT2D eigenvalue weighted by Gasteiger charge is 2.41. The third-order valence-corrected chi connectivity index (χ3v) is 4.64. The molecule has 2 unspecified atom stereocenters. The molecular weight excluding hydrogens is 262 g/mol. The first-order valence-corrected chi connectivity index (χ1v) is 7.28. The minimum absolute atomic E-state index is 0.0276. The fourth-order valence-corrected chi connectivity index (χ4v) is 3.83. The van der Waals surface area contributed by atoms with E-state index in [1.165, 1.54) is 11.3 Å². The average molecular weight is 281 g/mol. The van der Waals surface area contributed by atoms with E-state index in [1.54, 1.807) is 0 Å². The molecule has 2 atom stereocenters. The lowest BCUT2D eigenvalue weighted by Gasteiger charge is -2.33. The van der Waals surface area contributed by atoms with E-state index in [2.05, 4.69) is 5.32 Å². The Morgan fingerprint density at radius 2 is 2.21 bits per heavy atom. The van der Waals surface area contributed by atoms with Crippen molar-refractivity contribution in [2.24, 2.45) is 11.3 Å². The van der Waals surface area contributed by atoms with E-state index in [4.69, 9.17) is 0 Å². The molecule has 104 valence electrons. The number of nitrogens with one attached hydrogen (secondary N) is 1. The summed E-state index contributed by atoms with van der Waals surface area (Å²) >= 11 is 1.53. The number of aliphatic carboxylic acids is 1. The Balaban J connectivity index is 2.44. The molecule has 0 saturated carbocycles. The first-order valence-electron chi connectivity index (χ1n) is 6.40.